The summed E-state index contributed by atoms with van der Waals surface area (Å²) in [5.74, 6) is -1.12. The van der Waals surface area contributed by atoms with E-state index in [9.17, 15) is 14.9 Å². The summed E-state index contributed by atoms with van der Waals surface area (Å²) in [5, 5.41) is 12.8. The number of hydrogen-bond donors (Lipinski definition) is 1. The minimum atomic E-state index is -0.832. The van der Waals surface area contributed by atoms with Gasteiger partial charge in [0.1, 0.15) is 11.1 Å². The van der Waals surface area contributed by atoms with E-state index in [0.717, 1.165) is 24.6 Å². The van der Waals surface area contributed by atoms with Gasteiger partial charge >= 0.3 is 5.97 Å². The van der Waals surface area contributed by atoms with Crippen molar-refractivity contribution in [3.63, 3.8) is 0 Å². The van der Waals surface area contributed by atoms with Crippen LogP contribution in [0.1, 0.15) is 42.7 Å². The Morgan fingerprint density at radius 1 is 1.25 bits per heavy atom. The highest BCUT2D eigenvalue weighted by atomic mass is 16.5. The van der Waals surface area contributed by atoms with Crippen molar-refractivity contribution >= 4 is 22.8 Å². The van der Waals surface area contributed by atoms with Crippen LogP contribution in [0.5, 0.6) is 0 Å². The maximum atomic E-state index is 12.0. The zero-order chi connectivity index (χ0) is 17.0. The molecule has 0 unspecified atom stereocenters. The third-order valence-electron chi connectivity index (χ3n) is 4.26. The van der Waals surface area contributed by atoms with Gasteiger partial charge < -0.3 is 14.5 Å². The lowest BCUT2D eigenvalue weighted by atomic mass is 9.83. The van der Waals surface area contributed by atoms with Crippen molar-refractivity contribution in [1.29, 1.82) is 5.26 Å². The third-order valence-corrected chi connectivity index (χ3v) is 4.26. The number of hydrogen-bond acceptors (Lipinski definition) is 5. The van der Waals surface area contributed by atoms with Crippen LogP contribution in [0.25, 0.3) is 11.0 Å². The normalized spacial score (nSPS) is 16.3. The van der Waals surface area contributed by atoms with Crippen LogP contribution < -0.4 is 5.32 Å². The van der Waals surface area contributed by atoms with Crippen LogP contribution in [0.15, 0.2) is 34.7 Å². The van der Waals surface area contributed by atoms with Crippen molar-refractivity contribution in [3.05, 3.63) is 36.1 Å². The van der Waals surface area contributed by atoms with E-state index in [2.05, 4.69) is 11.4 Å². The number of nitriles is 1. The van der Waals surface area contributed by atoms with Crippen LogP contribution in [-0.2, 0) is 9.53 Å². The molecule has 0 spiro atoms. The number of rotatable bonds is 4. The van der Waals surface area contributed by atoms with E-state index in [1.54, 1.807) is 18.2 Å². The third kappa shape index (κ3) is 3.40. The zero-order valence-electron chi connectivity index (χ0n) is 13.2. The summed E-state index contributed by atoms with van der Waals surface area (Å²) >= 11 is 0. The first kappa shape index (κ1) is 16.1. The molecule has 2 aromatic rings. The molecular weight excluding hydrogens is 308 g/mol. The number of nitrogens with one attached hydrogen (secondary N) is 1. The summed E-state index contributed by atoms with van der Waals surface area (Å²) in [6, 6.07) is 11.0. The topological polar surface area (TPSA) is 92.3 Å². The van der Waals surface area contributed by atoms with Crippen molar-refractivity contribution in [2.75, 3.05) is 6.61 Å². The minimum Gasteiger partial charge on any atom is -0.450 e. The molecule has 1 aliphatic rings. The number of carbonyl (C=O) groups excluding carboxylic acids is 2. The summed E-state index contributed by atoms with van der Waals surface area (Å²) in [7, 11) is 0. The molecule has 6 heteroatoms. The fourth-order valence-electron chi connectivity index (χ4n) is 3.01. The number of furan rings is 1. The standard InChI is InChI=1S/C18H18N2O4/c19-12-18(8-4-1-5-9-18)20-16(21)11-23-17(22)15-10-13-6-2-3-7-14(13)24-15/h2-3,6-7,10H,1,4-5,8-9,11H2,(H,20,21). The molecule has 24 heavy (non-hydrogen) atoms. The van der Waals surface area contributed by atoms with E-state index in [4.69, 9.17) is 9.15 Å². The lowest BCUT2D eigenvalue weighted by Gasteiger charge is -2.31. The molecule has 1 saturated carbocycles. The van der Waals surface area contributed by atoms with Crippen LogP contribution in [-0.4, -0.2) is 24.0 Å². The first-order chi connectivity index (χ1) is 11.6. The van der Waals surface area contributed by atoms with Crippen LogP contribution >= 0.6 is 0 Å². The van der Waals surface area contributed by atoms with Crippen LogP contribution in [0.2, 0.25) is 0 Å². The van der Waals surface area contributed by atoms with Crippen molar-refractivity contribution in [1.82, 2.24) is 5.32 Å². The maximum Gasteiger partial charge on any atom is 0.374 e. The highest BCUT2D eigenvalue weighted by Gasteiger charge is 2.33. The van der Waals surface area contributed by atoms with E-state index in [-0.39, 0.29) is 5.76 Å². The summed E-state index contributed by atoms with van der Waals surface area (Å²) in [6.07, 6.45) is 4.15. The van der Waals surface area contributed by atoms with Gasteiger partial charge in [0.2, 0.25) is 5.76 Å². The monoisotopic (exact) mass is 326 g/mol. The van der Waals surface area contributed by atoms with Gasteiger partial charge in [-0.2, -0.15) is 5.26 Å². The molecule has 0 saturated heterocycles. The second kappa shape index (κ2) is 6.75. The first-order valence-corrected chi connectivity index (χ1v) is 8.00. The zero-order valence-corrected chi connectivity index (χ0v) is 13.2. The van der Waals surface area contributed by atoms with Crippen LogP contribution in [0, 0.1) is 11.3 Å². The van der Waals surface area contributed by atoms with Gasteiger partial charge in [0.25, 0.3) is 5.91 Å². The molecule has 1 fully saturated rings. The van der Waals surface area contributed by atoms with Crippen molar-refractivity contribution in [2.45, 2.75) is 37.6 Å². The van der Waals surface area contributed by atoms with E-state index in [1.165, 1.54) is 0 Å². The Balaban J connectivity index is 1.57. The molecular formula is C18H18N2O4. The summed E-state index contributed by atoms with van der Waals surface area (Å²) < 4.78 is 10.4. The minimum absolute atomic E-state index is 0.0525. The average Bonchev–Trinajstić information content (AvgIpc) is 3.04. The van der Waals surface area contributed by atoms with Gasteiger partial charge in [-0.3, -0.25) is 4.79 Å². The number of ether oxygens (including phenoxy) is 1. The number of nitrogens with zero attached hydrogens (tertiary/aromatic N) is 1. The van der Waals surface area contributed by atoms with E-state index >= 15 is 0 Å². The molecule has 1 amide bonds. The second-order valence-corrected chi connectivity index (χ2v) is 6.03. The van der Waals surface area contributed by atoms with Gasteiger partial charge in [0.15, 0.2) is 6.61 Å². The Morgan fingerprint density at radius 2 is 2.00 bits per heavy atom. The molecule has 0 radical (unpaired) electrons. The fourth-order valence-corrected chi connectivity index (χ4v) is 3.01. The van der Waals surface area contributed by atoms with Crippen LogP contribution in [0.4, 0.5) is 0 Å². The number of para-hydroxylation sites is 1. The molecule has 6 nitrogen and oxygen atoms in total. The lowest BCUT2D eigenvalue weighted by molar-refractivity contribution is -0.126. The Morgan fingerprint density at radius 3 is 2.71 bits per heavy atom. The predicted octanol–water partition coefficient (Wildman–Crippen LogP) is 2.93. The smallest absolute Gasteiger partial charge is 0.374 e. The summed E-state index contributed by atoms with van der Waals surface area (Å²) in [5.41, 5.74) is -0.249. The van der Waals surface area contributed by atoms with Crippen molar-refractivity contribution in [2.24, 2.45) is 0 Å². The van der Waals surface area contributed by atoms with E-state index in [1.807, 2.05) is 12.1 Å². The molecule has 1 aliphatic carbocycles. The largest absolute Gasteiger partial charge is 0.450 e. The molecule has 0 bridgehead atoms. The maximum absolute atomic E-state index is 12.0. The van der Waals surface area contributed by atoms with Crippen LogP contribution in [0.3, 0.4) is 0 Å². The first-order valence-electron chi connectivity index (χ1n) is 8.00. The summed E-state index contributed by atoms with van der Waals surface area (Å²) in [6.45, 7) is -0.431. The van der Waals surface area contributed by atoms with Gasteiger partial charge in [0, 0.05) is 5.39 Å². The highest BCUT2D eigenvalue weighted by Crippen LogP contribution is 2.27. The quantitative estimate of drug-likeness (QED) is 0.872. The molecule has 3 rings (SSSR count). The van der Waals surface area contributed by atoms with Gasteiger partial charge in [0.05, 0.1) is 6.07 Å². The number of fused-ring (bicyclic) bond motifs is 1. The van der Waals surface area contributed by atoms with Gasteiger partial charge in [-0.1, -0.05) is 37.5 Å². The van der Waals surface area contributed by atoms with E-state index in [0.29, 0.717) is 18.4 Å². The number of carbonyl (C=O) groups is 2. The highest BCUT2D eigenvalue weighted by molar-refractivity contribution is 5.93. The fraction of sp³-hybridized carbons (Fsp3) is 0.389. The lowest BCUT2D eigenvalue weighted by Crippen LogP contribution is -2.50. The molecule has 1 heterocycles. The Labute approximate surface area is 139 Å². The molecule has 124 valence electrons. The molecule has 0 aliphatic heterocycles. The number of amides is 1. The second-order valence-electron chi connectivity index (χ2n) is 6.03. The molecule has 1 N–H and O–H groups in total. The Kier molecular flexibility index (Phi) is 4.52. The average molecular weight is 326 g/mol. The van der Waals surface area contributed by atoms with Crippen molar-refractivity contribution < 1.29 is 18.7 Å². The molecule has 1 aromatic carbocycles. The number of esters is 1. The number of benzene rings is 1. The SMILES string of the molecule is N#CC1(NC(=O)COC(=O)c2cc3ccccc3o2)CCCCC1. The van der Waals surface area contributed by atoms with Gasteiger partial charge in [-0.05, 0) is 25.0 Å². The summed E-state index contributed by atoms with van der Waals surface area (Å²) in [4.78, 5) is 24.0. The van der Waals surface area contributed by atoms with E-state index < -0.39 is 24.0 Å². The predicted molar refractivity (Wildman–Crippen MR) is 86.1 cm³/mol. The van der Waals surface area contributed by atoms with Crippen molar-refractivity contribution in [3.8, 4) is 6.07 Å². The Bertz CT molecular complexity index is 764. The van der Waals surface area contributed by atoms with Gasteiger partial charge in [-0.25, -0.2) is 4.79 Å². The molecule has 0 atom stereocenters. The molecule has 1 aromatic heterocycles. The Hall–Kier alpha value is -2.81. The van der Waals surface area contributed by atoms with Gasteiger partial charge in [-0.15, -0.1) is 0 Å².